The molecule has 1 aromatic rings. The lowest BCUT2D eigenvalue weighted by molar-refractivity contribution is 0.227. The van der Waals surface area contributed by atoms with Crippen LogP contribution in [0.25, 0.3) is 0 Å². The van der Waals surface area contributed by atoms with Gasteiger partial charge < -0.3 is 10.1 Å². The maximum atomic E-state index is 14.1. The number of hydrogen-bond acceptors (Lipinski definition) is 2. The van der Waals surface area contributed by atoms with Crippen LogP contribution in [0.4, 0.5) is 4.39 Å². The summed E-state index contributed by atoms with van der Waals surface area (Å²) in [5, 5.41) is 3.59. The van der Waals surface area contributed by atoms with E-state index in [0.29, 0.717) is 11.8 Å². The molecule has 3 heteroatoms. The summed E-state index contributed by atoms with van der Waals surface area (Å²) in [6.07, 6.45) is 3.68. The molecular formula is C17H26FNO. The number of rotatable bonds is 4. The highest BCUT2D eigenvalue weighted by atomic mass is 19.1. The van der Waals surface area contributed by atoms with E-state index in [2.05, 4.69) is 19.2 Å². The molecule has 1 aliphatic rings. The van der Waals surface area contributed by atoms with Crippen molar-refractivity contribution < 1.29 is 9.13 Å². The number of nitrogens with one attached hydrogen (secondary N) is 1. The van der Waals surface area contributed by atoms with Crippen LogP contribution < -0.4 is 10.1 Å². The Kier molecular flexibility index (Phi) is 5.03. The molecule has 1 aliphatic carbocycles. The summed E-state index contributed by atoms with van der Waals surface area (Å²) in [7, 11) is 1.56. The molecule has 0 radical (unpaired) electrons. The number of hydrogen-bond donors (Lipinski definition) is 1. The van der Waals surface area contributed by atoms with Crippen LogP contribution >= 0.6 is 0 Å². The summed E-state index contributed by atoms with van der Waals surface area (Å²) in [5.74, 6) is 1.88. The van der Waals surface area contributed by atoms with Crippen molar-refractivity contribution >= 4 is 0 Å². The smallest absolute Gasteiger partial charge is 0.131 e. The van der Waals surface area contributed by atoms with Crippen LogP contribution in [0.5, 0.6) is 5.75 Å². The highest BCUT2D eigenvalue weighted by Crippen LogP contribution is 2.30. The molecule has 3 atom stereocenters. The van der Waals surface area contributed by atoms with Crippen LogP contribution in [0.15, 0.2) is 18.2 Å². The summed E-state index contributed by atoms with van der Waals surface area (Å²) in [6.45, 7) is 6.65. The Morgan fingerprint density at radius 2 is 1.85 bits per heavy atom. The highest BCUT2D eigenvalue weighted by Gasteiger charge is 2.25. The van der Waals surface area contributed by atoms with Gasteiger partial charge in [0.05, 0.1) is 7.11 Å². The van der Waals surface area contributed by atoms with Gasteiger partial charge in [-0.15, -0.1) is 0 Å². The van der Waals surface area contributed by atoms with Gasteiger partial charge in [-0.2, -0.15) is 0 Å². The second kappa shape index (κ2) is 6.57. The van der Waals surface area contributed by atoms with Crippen molar-refractivity contribution in [2.45, 2.75) is 52.1 Å². The Morgan fingerprint density at radius 1 is 1.20 bits per heavy atom. The lowest BCUT2D eigenvalue weighted by Crippen LogP contribution is -2.38. The van der Waals surface area contributed by atoms with Crippen LogP contribution in [-0.2, 0) is 0 Å². The van der Waals surface area contributed by atoms with Crippen LogP contribution in [0.2, 0.25) is 0 Å². The molecule has 1 saturated carbocycles. The fraction of sp³-hybridized carbons (Fsp3) is 0.647. The molecule has 0 saturated heterocycles. The zero-order valence-electron chi connectivity index (χ0n) is 12.9. The highest BCUT2D eigenvalue weighted by molar-refractivity contribution is 5.30. The zero-order chi connectivity index (χ0) is 14.7. The minimum absolute atomic E-state index is 0.0309. The summed E-state index contributed by atoms with van der Waals surface area (Å²) in [4.78, 5) is 0. The first-order valence-electron chi connectivity index (χ1n) is 7.59. The van der Waals surface area contributed by atoms with Crippen molar-refractivity contribution in [1.29, 1.82) is 0 Å². The third-order valence-electron chi connectivity index (χ3n) is 4.34. The minimum Gasteiger partial charge on any atom is -0.497 e. The molecule has 0 aliphatic heterocycles. The first kappa shape index (κ1) is 15.3. The van der Waals surface area contributed by atoms with E-state index in [9.17, 15) is 4.39 Å². The Hall–Kier alpha value is -1.09. The maximum Gasteiger partial charge on any atom is 0.131 e. The molecule has 20 heavy (non-hydrogen) atoms. The minimum atomic E-state index is -0.193. The van der Waals surface area contributed by atoms with Gasteiger partial charge in [-0.1, -0.05) is 19.9 Å². The molecule has 0 bridgehead atoms. The summed E-state index contributed by atoms with van der Waals surface area (Å²) < 4.78 is 19.1. The molecule has 0 amide bonds. The predicted octanol–water partition coefficient (Wildman–Crippen LogP) is 4.31. The first-order valence-corrected chi connectivity index (χ1v) is 7.59. The first-order chi connectivity index (χ1) is 9.49. The van der Waals surface area contributed by atoms with Gasteiger partial charge >= 0.3 is 0 Å². The molecule has 2 nitrogen and oxygen atoms in total. The second-order valence-electron chi connectivity index (χ2n) is 6.39. The maximum absolute atomic E-state index is 14.1. The van der Waals surface area contributed by atoms with E-state index in [-0.39, 0.29) is 11.9 Å². The Balaban J connectivity index is 2.02. The van der Waals surface area contributed by atoms with Crippen molar-refractivity contribution in [2.24, 2.45) is 11.8 Å². The van der Waals surface area contributed by atoms with E-state index in [1.165, 1.54) is 25.3 Å². The fourth-order valence-electron chi connectivity index (χ4n) is 3.51. The number of methoxy groups -OCH3 is 1. The van der Waals surface area contributed by atoms with E-state index in [4.69, 9.17) is 4.74 Å². The lowest BCUT2D eigenvalue weighted by Gasteiger charge is -2.34. The normalized spacial score (nSPS) is 28.1. The standard InChI is InChI=1S/C17H26FNO/c1-11-7-12(2)9-14(8-11)19-13(3)16-6-5-15(20-4)10-17(16)18/h5-6,10-14,19H,7-9H2,1-4H3. The lowest BCUT2D eigenvalue weighted by atomic mass is 9.80. The largest absolute Gasteiger partial charge is 0.497 e. The molecular weight excluding hydrogens is 253 g/mol. The average Bonchev–Trinajstić information content (AvgIpc) is 2.36. The zero-order valence-corrected chi connectivity index (χ0v) is 12.9. The van der Waals surface area contributed by atoms with Crippen LogP contribution in [-0.4, -0.2) is 13.2 Å². The molecule has 0 spiro atoms. The van der Waals surface area contributed by atoms with E-state index in [1.54, 1.807) is 7.11 Å². The Morgan fingerprint density at radius 3 is 2.40 bits per heavy atom. The third kappa shape index (κ3) is 3.72. The number of halogens is 1. The van der Waals surface area contributed by atoms with E-state index >= 15 is 0 Å². The van der Waals surface area contributed by atoms with E-state index < -0.39 is 0 Å². The SMILES string of the molecule is COc1ccc(C(C)NC2CC(C)CC(C)C2)c(F)c1. The van der Waals surface area contributed by atoms with Crippen LogP contribution in [0.1, 0.15) is 51.6 Å². The summed E-state index contributed by atoms with van der Waals surface area (Å²) in [5.41, 5.74) is 0.719. The van der Waals surface area contributed by atoms with Crippen molar-refractivity contribution in [1.82, 2.24) is 5.32 Å². The van der Waals surface area contributed by atoms with Crippen LogP contribution in [0, 0.1) is 17.7 Å². The average molecular weight is 279 g/mol. The van der Waals surface area contributed by atoms with Crippen molar-refractivity contribution in [2.75, 3.05) is 7.11 Å². The molecule has 0 heterocycles. The molecule has 3 unspecified atom stereocenters. The van der Waals surface area contributed by atoms with Crippen LogP contribution in [0.3, 0.4) is 0 Å². The van der Waals surface area contributed by atoms with Crippen molar-refractivity contribution in [3.63, 3.8) is 0 Å². The quantitative estimate of drug-likeness (QED) is 0.886. The van der Waals surface area contributed by atoms with Gasteiger partial charge in [0.15, 0.2) is 0 Å². The third-order valence-corrected chi connectivity index (χ3v) is 4.34. The summed E-state index contributed by atoms with van der Waals surface area (Å²) in [6, 6.07) is 5.62. The Bertz CT molecular complexity index is 439. The van der Waals surface area contributed by atoms with Gasteiger partial charge in [0.1, 0.15) is 11.6 Å². The molecule has 1 N–H and O–H groups in total. The second-order valence-corrected chi connectivity index (χ2v) is 6.39. The molecule has 112 valence electrons. The van der Waals surface area contributed by atoms with Gasteiger partial charge in [0.2, 0.25) is 0 Å². The number of ether oxygens (including phenoxy) is 1. The predicted molar refractivity (Wildman–Crippen MR) is 80.5 cm³/mol. The van der Waals surface area contributed by atoms with E-state index in [1.807, 2.05) is 19.1 Å². The van der Waals surface area contributed by atoms with Gasteiger partial charge in [0, 0.05) is 23.7 Å². The van der Waals surface area contributed by atoms with Gasteiger partial charge in [-0.05, 0) is 44.1 Å². The molecule has 0 aromatic heterocycles. The van der Waals surface area contributed by atoms with Crippen molar-refractivity contribution in [3.05, 3.63) is 29.6 Å². The topological polar surface area (TPSA) is 21.3 Å². The fourth-order valence-corrected chi connectivity index (χ4v) is 3.51. The Labute approximate surface area is 121 Å². The molecule has 1 aromatic carbocycles. The van der Waals surface area contributed by atoms with Gasteiger partial charge in [0.25, 0.3) is 0 Å². The van der Waals surface area contributed by atoms with E-state index in [0.717, 1.165) is 17.4 Å². The van der Waals surface area contributed by atoms with Gasteiger partial charge in [-0.25, -0.2) is 4.39 Å². The molecule has 2 rings (SSSR count). The van der Waals surface area contributed by atoms with Gasteiger partial charge in [-0.3, -0.25) is 0 Å². The number of benzene rings is 1. The monoisotopic (exact) mass is 279 g/mol. The molecule has 1 fully saturated rings. The van der Waals surface area contributed by atoms with Crippen molar-refractivity contribution in [3.8, 4) is 5.75 Å². The summed E-state index contributed by atoms with van der Waals surface area (Å²) >= 11 is 0.